The van der Waals surface area contributed by atoms with Gasteiger partial charge in [-0.2, -0.15) is 0 Å². The molecule has 104 valence electrons. The summed E-state index contributed by atoms with van der Waals surface area (Å²) in [6.45, 7) is 6.01. The lowest BCUT2D eigenvalue weighted by Crippen LogP contribution is -2.35. The third kappa shape index (κ3) is 2.77. The monoisotopic (exact) mass is 259 g/mol. The highest BCUT2D eigenvalue weighted by Gasteiger charge is 2.29. The van der Waals surface area contributed by atoms with Crippen LogP contribution in [0.1, 0.15) is 24.8 Å². The Hall–Kier alpha value is -1.06. The highest BCUT2D eigenvalue weighted by Crippen LogP contribution is 2.27. The largest absolute Gasteiger partial charge is 0.370 e. The number of benzene rings is 1. The minimum absolute atomic E-state index is 0.783. The van der Waals surface area contributed by atoms with E-state index >= 15 is 0 Å². The lowest BCUT2D eigenvalue weighted by molar-refractivity contribution is 0.260. The Labute approximate surface area is 116 Å². The van der Waals surface area contributed by atoms with Gasteiger partial charge in [-0.25, -0.2) is 0 Å². The molecule has 1 atom stereocenters. The second-order valence-electron chi connectivity index (χ2n) is 5.79. The van der Waals surface area contributed by atoms with Crippen LogP contribution in [0.4, 0.5) is 5.69 Å². The van der Waals surface area contributed by atoms with Crippen LogP contribution in [-0.2, 0) is 6.54 Å². The van der Waals surface area contributed by atoms with E-state index in [9.17, 15) is 0 Å². The van der Waals surface area contributed by atoms with Crippen LogP contribution < -0.4 is 10.2 Å². The van der Waals surface area contributed by atoms with Crippen molar-refractivity contribution in [2.45, 2.75) is 31.8 Å². The fourth-order valence-corrected chi connectivity index (χ4v) is 3.52. The van der Waals surface area contributed by atoms with Gasteiger partial charge in [0.05, 0.1) is 0 Å². The van der Waals surface area contributed by atoms with E-state index in [-0.39, 0.29) is 0 Å². The summed E-state index contributed by atoms with van der Waals surface area (Å²) < 4.78 is 0. The molecular formula is C16H25N3. The van der Waals surface area contributed by atoms with E-state index in [4.69, 9.17) is 0 Å². The molecule has 0 saturated carbocycles. The number of rotatable bonds is 4. The van der Waals surface area contributed by atoms with Gasteiger partial charge in [0.15, 0.2) is 0 Å². The van der Waals surface area contributed by atoms with Crippen molar-refractivity contribution in [1.82, 2.24) is 10.2 Å². The topological polar surface area (TPSA) is 18.5 Å². The highest BCUT2D eigenvalue weighted by atomic mass is 15.3. The van der Waals surface area contributed by atoms with Crippen LogP contribution >= 0.6 is 0 Å². The molecule has 2 saturated heterocycles. The lowest BCUT2D eigenvalue weighted by atomic mass is 10.1. The number of nitrogens with zero attached hydrogens (tertiary/aromatic N) is 2. The SMILES string of the molecule is CNCc1ccccc1N1CCC(N2CCCC2)C1. The number of nitrogens with one attached hydrogen (secondary N) is 1. The number of hydrogen-bond acceptors (Lipinski definition) is 3. The molecule has 1 N–H and O–H groups in total. The van der Waals surface area contributed by atoms with Crippen molar-refractivity contribution < 1.29 is 0 Å². The predicted molar refractivity (Wildman–Crippen MR) is 80.6 cm³/mol. The predicted octanol–water partition coefficient (Wildman–Crippen LogP) is 2.08. The average molecular weight is 259 g/mol. The van der Waals surface area contributed by atoms with E-state index < -0.39 is 0 Å². The summed E-state index contributed by atoms with van der Waals surface area (Å²) in [6, 6.07) is 9.61. The molecule has 1 aromatic carbocycles. The van der Waals surface area contributed by atoms with E-state index in [0.717, 1.165) is 12.6 Å². The summed E-state index contributed by atoms with van der Waals surface area (Å²) in [5.74, 6) is 0. The van der Waals surface area contributed by atoms with Crippen molar-refractivity contribution in [3.63, 3.8) is 0 Å². The Bertz CT molecular complexity index is 412. The minimum atomic E-state index is 0.783. The normalized spacial score (nSPS) is 24.3. The minimum Gasteiger partial charge on any atom is -0.370 e. The summed E-state index contributed by atoms with van der Waals surface area (Å²) in [5, 5.41) is 3.28. The molecule has 0 spiro atoms. The van der Waals surface area contributed by atoms with Gasteiger partial charge in [-0.3, -0.25) is 4.90 Å². The molecule has 0 radical (unpaired) electrons. The average Bonchev–Trinajstić information content (AvgIpc) is 3.11. The smallest absolute Gasteiger partial charge is 0.0412 e. The van der Waals surface area contributed by atoms with Crippen LogP contribution in [0, 0.1) is 0 Å². The zero-order valence-electron chi connectivity index (χ0n) is 11.9. The van der Waals surface area contributed by atoms with Crippen molar-refractivity contribution >= 4 is 5.69 Å². The molecule has 3 nitrogen and oxygen atoms in total. The molecule has 2 heterocycles. The third-order valence-corrected chi connectivity index (χ3v) is 4.52. The first kappa shape index (κ1) is 12.9. The molecule has 0 aromatic heterocycles. The summed E-state index contributed by atoms with van der Waals surface area (Å²) in [7, 11) is 2.02. The Morgan fingerprint density at radius 2 is 1.95 bits per heavy atom. The first-order valence-corrected chi connectivity index (χ1v) is 7.60. The Morgan fingerprint density at radius 3 is 2.74 bits per heavy atom. The zero-order valence-corrected chi connectivity index (χ0v) is 11.9. The third-order valence-electron chi connectivity index (χ3n) is 4.52. The fraction of sp³-hybridized carbons (Fsp3) is 0.625. The van der Waals surface area contributed by atoms with Crippen LogP contribution in [0.2, 0.25) is 0 Å². The summed E-state index contributed by atoms with van der Waals surface area (Å²) in [4.78, 5) is 5.27. The number of anilines is 1. The van der Waals surface area contributed by atoms with Gasteiger partial charge < -0.3 is 10.2 Å². The van der Waals surface area contributed by atoms with Crippen molar-refractivity contribution in [2.24, 2.45) is 0 Å². The number of likely N-dealkylation sites (tertiary alicyclic amines) is 1. The first-order chi connectivity index (χ1) is 9.38. The van der Waals surface area contributed by atoms with Crippen LogP contribution in [0.5, 0.6) is 0 Å². The zero-order chi connectivity index (χ0) is 13.1. The maximum atomic E-state index is 3.28. The van der Waals surface area contributed by atoms with Gasteiger partial charge in [0.1, 0.15) is 0 Å². The number of hydrogen-bond donors (Lipinski definition) is 1. The van der Waals surface area contributed by atoms with E-state index in [2.05, 4.69) is 39.4 Å². The first-order valence-electron chi connectivity index (χ1n) is 7.60. The molecule has 1 aromatic rings. The lowest BCUT2D eigenvalue weighted by Gasteiger charge is -2.25. The molecule has 2 fully saturated rings. The maximum absolute atomic E-state index is 3.28. The molecule has 1 unspecified atom stereocenters. The maximum Gasteiger partial charge on any atom is 0.0412 e. The number of para-hydroxylation sites is 1. The summed E-state index contributed by atoms with van der Waals surface area (Å²) >= 11 is 0. The molecule has 0 amide bonds. The van der Waals surface area contributed by atoms with Crippen LogP contribution in [0.25, 0.3) is 0 Å². The summed E-state index contributed by atoms with van der Waals surface area (Å²) in [5.41, 5.74) is 2.85. The molecular weight excluding hydrogens is 234 g/mol. The second-order valence-corrected chi connectivity index (χ2v) is 5.79. The van der Waals surface area contributed by atoms with Crippen LogP contribution in [0.15, 0.2) is 24.3 Å². The van der Waals surface area contributed by atoms with Gasteiger partial charge >= 0.3 is 0 Å². The van der Waals surface area contributed by atoms with Crippen molar-refractivity contribution in [2.75, 3.05) is 38.1 Å². The molecule has 19 heavy (non-hydrogen) atoms. The Morgan fingerprint density at radius 1 is 1.16 bits per heavy atom. The Balaban J connectivity index is 1.70. The van der Waals surface area contributed by atoms with E-state index in [1.807, 2.05) is 7.05 Å². The van der Waals surface area contributed by atoms with Crippen molar-refractivity contribution in [3.05, 3.63) is 29.8 Å². The van der Waals surface area contributed by atoms with Gasteiger partial charge in [0.25, 0.3) is 0 Å². The summed E-state index contributed by atoms with van der Waals surface area (Å²) in [6.07, 6.45) is 4.12. The standard InChI is InChI=1S/C16H25N3/c1-17-12-14-6-2-3-7-16(14)19-11-8-15(13-19)18-9-4-5-10-18/h2-3,6-7,15,17H,4-5,8-13H2,1H3. The Kier molecular flexibility index (Phi) is 4.04. The van der Waals surface area contributed by atoms with Crippen LogP contribution in [-0.4, -0.2) is 44.2 Å². The van der Waals surface area contributed by atoms with Gasteiger partial charge in [-0.05, 0) is 51.0 Å². The van der Waals surface area contributed by atoms with Crippen LogP contribution in [0.3, 0.4) is 0 Å². The van der Waals surface area contributed by atoms with E-state index in [1.54, 1.807) is 0 Å². The fourth-order valence-electron chi connectivity index (χ4n) is 3.52. The van der Waals surface area contributed by atoms with Gasteiger partial charge in [-0.15, -0.1) is 0 Å². The van der Waals surface area contributed by atoms with Gasteiger partial charge in [0, 0.05) is 31.4 Å². The molecule has 2 aliphatic rings. The molecule has 2 aliphatic heterocycles. The van der Waals surface area contributed by atoms with E-state index in [0.29, 0.717) is 0 Å². The van der Waals surface area contributed by atoms with Crippen molar-refractivity contribution in [1.29, 1.82) is 0 Å². The molecule has 0 aliphatic carbocycles. The quantitative estimate of drug-likeness (QED) is 0.893. The van der Waals surface area contributed by atoms with Gasteiger partial charge in [-0.1, -0.05) is 18.2 Å². The van der Waals surface area contributed by atoms with Crippen molar-refractivity contribution in [3.8, 4) is 0 Å². The molecule has 3 heteroatoms. The van der Waals surface area contributed by atoms with Gasteiger partial charge in [0.2, 0.25) is 0 Å². The second kappa shape index (κ2) is 5.93. The molecule has 3 rings (SSSR count). The molecule has 0 bridgehead atoms. The highest BCUT2D eigenvalue weighted by molar-refractivity contribution is 5.54. The van der Waals surface area contributed by atoms with E-state index in [1.165, 1.54) is 56.7 Å².